The number of benzene rings is 1. The van der Waals surface area contributed by atoms with E-state index in [1.165, 1.54) is 37.8 Å². The minimum Gasteiger partial charge on any atom is -0.360 e. The maximum atomic E-state index is 13.8. The number of amides is 1. The second kappa shape index (κ2) is 7.58. The molecule has 168 valence electrons. The molecule has 1 amide bonds. The van der Waals surface area contributed by atoms with E-state index >= 15 is 0 Å². The van der Waals surface area contributed by atoms with Crippen LogP contribution in [0.15, 0.2) is 34.8 Å². The first kappa shape index (κ1) is 20.2. The van der Waals surface area contributed by atoms with Gasteiger partial charge in [0, 0.05) is 30.7 Å². The summed E-state index contributed by atoms with van der Waals surface area (Å²) in [6.07, 6.45) is 11.4. The van der Waals surface area contributed by atoms with E-state index in [0.717, 1.165) is 42.6 Å². The molecule has 4 aliphatic rings. The molecule has 1 aromatic carbocycles. The standard InChI is InChI=1S/C27H33N3O2/c1-16-10-17(2)24-21(11-16)26(31)22(14-28-24)27(32)30-9-5-6-18-12-19-13-20(25(18)30)15-29-8-4-3-7-23(19)29/h10-12,14,19-20,23,25H,3-9,13,15H2,1-2H3,(H,28,31)/t19-,20-,23-,25-/m0/s1. The Balaban J connectivity index is 1.37. The highest BCUT2D eigenvalue weighted by Crippen LogP contribution is 2.45. The van der Waals surface area contributed by atoms with Crippen LogP contribution in [0.25, 0.3) is 10.9 Å². The molecule has 1 aromatic heterocycles. The molecule has 6 rings (SSSR count). The molecule has 0 saturated carbocycles. The zero-order valence-electron chi connectivity index (χ0n) is 19.2. The van der Waals surface area contributed by atoms with Crippen LogP contribution in [0.3, 0.4) is 0 Å². The quantitative estimate of drug-likeness (QED) is 0.689. The van der Waals surface area contributed by atoms with Crippen molar-refractivity contribution in [1.82, 2.24) is 14.8 Å². The molecule has 32 heavy (non-hydrogen) atoms. The lowest BCUT2D eigenvalue weighted by Gasteiger charge is -2.54. The number of nitrogens with one attached hydrogen (secondary N) is 1. The molecule has 0 radical (unpaired) electrons. The van der Waals surface area contributed by atoms with Crippen LogP contribution in [0.2, 0.25) is 0 Å². The van der Waals surface area contributed by atoms with E-state index in [9.17, 15) is 9.59 Å². The summed E-state index contributed by atoms with van der Waals surface area (Å²) in [6.45, 7) is 7.04. The van der Waals surface area contributed by atoms with Gasteiger partial charge in [-0.05, 0) is 81.5 Å². The molecule has 2 bridgehead atoms. The number of aryl methyl sites for hydroxylation is 2. The predicted molar refractivity (Wildman–Crippen MR) is 127 cm³/mol. The first-order valence-corrected chi connectivity index (χ1v) is 12.4. The van der Waals surface area contributed by atoms with Crippen LogP contribution in [-0.2, 0) is 0 Å². The van der Waals surface area contributed by atoms with Crippen molar-refractivity contribution in [2.75, 3.05) is 19.6 Å². The fraction of sp³-hybridized carbons (Fsp3) is 0.556. The van der Waals surface area contributed by atoms with Crippen LogP contribution >= 0.6 is 0 Å². The first-order valence-electron chi connectivity index (χ1n) is 12.4. The Labute approximate surface area is 189 Å². The molecule has 1 aliphatic carbocycles. The number of likely N-dealkylation sites (tertiary alicyclic amines) is 1. The summed E-state index contributed by atoms with van der Waals surface area (Å²) in [6, 6.07) is 4.83. The number of piperidine rings is 3. The minimum atomic E-state index is -0.139. The summed E-state index contributed by atoms with van der Waals surface area (Å²) in [5.41, 5.74) is 4.53. The number of hydrogen-bond donors (Lipinski definition) is 1. The van der Waals surface area contributed by atoms with Gasteiger partial charge in [-0.25, -0.2) is 0 Å². The van der Waals surface area contributed by atoms with Crippen molar-refractivity contribution >= 4 is 16.8 Å². The Morgan fingerprint density at radius 2 is 2.00 bits per heavy atom. The maximum Gasteiger partial charge on any atom is 0.259 e. The molecular formula is C27H33N3O2. The first-order chi connectivity index (χ1) is 15.5. The van der Waals surface area contributed by atoms with E-state index < -0.39 is 0 Å². The van der Waals surface area contributed by atoms with Crippen LogP contribution in [0.4, 0.5) is 0 Å². The van der Waals surface area contributed by atoms with Gasteiger partial charge in [0.1, 0.15) is 5.56 Å². The number of rotatable bonds is 1. The van der Waals surface area contributed by atoms with Crippen LogP contribution in [0, 0.1) is 25.7 Å². The second-order valence-electron chi connectivity index (χ2n) is 10.5. The summed E-state index contributed by atoms with van der Waals surface area (Å²) in [5.74, 6) is 1.04. The SMILES string of the molecule is Cc1cc(C)c2[nH]cc(C(=O)N3CCCC4=C[C@H]5C[C@@H](CN6CCCC[C@@H]56)[C@H]43)c(=O)c2c1. The molecule has 5 heteroatoms. The lowest BCUT2D eigenvalue weighted by molar-refractivity contribution is 0.00143. The van der Waals surface area contributed by atoms with Gasteiger partial charge in [-0.2, -0.15) is 0 Å². The van der Waals surface area contributed by atoms with Gasteiger partial charge >= 0.3 is 0 Å². The maximum absolute atomic E-state index is 13.8. The number of aromatic amines is 1. The van der Waals surface area contributed by atoms with Gasteiger partial charge in [0.05, 0.1) is 11.6 Å². The molecule has 4 atom stereocenters. The second-order valence-corrected chi connectivity index (χ2v) is 10.5. The Kier molecular flexibility index (Phi) is 4.79. The molecule has 0 spiro atoms. The number of H-pyrrole nitrogens is 1. The lowest BCUT2D eigenvalue weighted by Crippen LogP contribution is -2.60. The number of aromatic nitrogens is 1. The van der Waals surface area contributed by atoms with Crippen LogP contribution < -0.4 is 5.43 Å². The molecule has 4 heterocycles. The normalized spacial score (nSPS) is 29.9. The molecule has 3 fully saturated rings. The molecule has 3 aliphatic heterocycles. The Morgan fingerprint density at radius 3 is 2.88 bits per heavy atom. The third kappa shape index (κ3) is 3.08. The van der Waals surface area contributed by atoms with Crippen molar-refractivity contribution in [1.29, 1.82) is 0 Å². The summed E-state index contributed by atoms with van der Waals surface area (Å²) in [5, 5.41) is 0.624. The number of nitrogens with zero attached hydrogens (tertiary/aromatic N) is 2. The van der Waals surface area contributed by atoms with Crippen LogP contribution in [-0.4, -0.2) is 52.4 Å². The number of fused-ring (bicyclic) bond motifs is 7. The van der Waals surface area contributed by atoms with Crippen LogP contribution in [0.1, 0.15) is 60.0 Å². The van der Waals surface area contributed by atoms with Crippen molar-refractivity contribution in [3.63, 3.8) is 0 Å². The third-order valence-electron chi connectivity index (χ3n) is 8.48. The Hall–Kier alpha value is -2.40. The largest absolute Gasteiger partial charge is 0.360 e. The van der Waals surface area contributed by atoms with Gasteiger partial charge in [0.2, 0.25) is 5.43 Å². The van der Waals surface area contributed by atoms with Gasteiger partial charge in [-0.3, -0.25) is 14.5 Å². The zero-order chi connectivity index (χ0) is 22.0. The minimum absolute atomic E-state index is 0.0953. The number of carbonyl (C=O) groups is 1. The highest BCUT2D eigenvalue weighted by molar-refractivity contribution is 5.98. The Morgan fingerprint density at radius 1 is 1.12 bits per heavy atom. The summed E-state index contributed by atoms with van der Waals surface area (Å²) in [4.78, 5) is 35.2. The van der Waals surface area contributed by atoms with Gasteiger partial charge in [-0.1, -0.05) is 24.1 Å². The van der Waals surface area contributed by atoms with Crippen LogP contribution in [0.5, 0.6) is 0 Å². The van der Waals surface area contributed by atoms with Gasteiger partial charge in [-0.15, -0.1) is 0 Å². The average molecular weight is 432 g/mol. The summed E-state index contributed by atoms with van der Waals surface area (Å²) < 4.78 is 0. The fourth-order valence-corrected chi connectivity index (χ4v) is 7.21. The van der Waals surface area contributed by atoms with Crippen molar-refractivity contribution in [3.05, 3.63) is 56.9 Å². The van der Waals surface area contributed by atoms with Crippen molar-refractivity contribution in [2.45, 2.75) is 64.5 Å². The van der Waals surface area contributed by atoms with Gasteiger partial charge in [0.15, 0.2) is 0 Å². The monoisotopic (exact) mass is 431 g/mol. The molecule has 1 N–H and O–H groups in total. The molecule has 3 saturated heterocycles. The fourth-order valence-electron chi connectivity index (χ4n) is 7.21. The number of hydrogen-bond acceptors (Lipinski definition) is 3. The van der Waals surface area contributed by atoms with Crippen molar-refractivity contribution in [3.8, 4) is 0 Å². The zero-order valence-corrected chi connectivity index (χ0v) is 19.2. The summed E-state index contributed by atoms with van der Waals surface area (Å²) in [7, 11) is 0. The Bertz CT molecular complexity index is 1180. The number of pyridine rings is 1. The average Bonchev–Trinajstić information content (AvgIpc) is 2.79. The molecule has 5 nitrogen and oxygen atoms in total. The number of carbonyl (C=O) groups excluding carboxylic acids is 1. The molecule has 2 aromatic rings. The van der Waals surface area contributed by atoms with E-state index in [-0.39, 0.29) is 22.9 Å². The topological polar surface area (TPSA) is 56.4 Å². The highest BCUT2D eigenvalue weighted by atomic mass is 16.2. The van der Waals surface area contributed by atoms with Gasteiger partial charge in [0.25, 0.3) is 5.91 Å². The highest BCUT2D eigenvalue weighted by Gasteiger charge is 2.47. The predicted octanol–water partition coefficient (Wildman–Crippen LogP) is 4.18. The smallest absolute Gasteiger partial charge is 0.259 e. The molecule has 0 unspecified atom stereocenters. The van der Waals surface area contributed by atoms with Crippen molar-refractivity contribution < 1.29 is 4.79 Å². The lowest BCUT2D eigenvalue weighted by atomic mass is 9.68. The van der Waals surface area contributed by atoms with Crippen molar-refractivity contribution in [2.24, 2.45) is 11.8 Å². The van der Waals surface area contributed by atoms with E-state index in [1.54, 1.807) is 6.20 Å². The van der Waals surface area contributed by atoms with E-state index in [1.807, 2.05) is 24.8 Å². The summed E-state index contributed by atoms with van der Waals surface area (Å²) >= 11 is 0. The van der Waals surface area contributed by atoms with Gasteiger partial charge < -0.3 is 9.88 Å². The molecular weight excluding hydrogens is 398 g/mol. The van der Waals surface area contributed by atoms with E-state index in [0.29, 0.717) is 23.3 Å². The van der Waals surface area contributed by atoms with E-state index in [4.69, 9.17) is 0 Å². The third-order valence-corrected chi connectivity index (χ3v) is 8.48. The van der Waals surface area contributed by atoms with E-state index in [2.05, 4.69) is 22.0 Å².